The summed E-state index contributed by atoms with van der Waals surface area (Å²) in [6, 6.07) is 8.15. The first-order valence-electron chi connectivity index (χ1n) is 7.90. The molecule has 1 aromatic carbocycles. The van der Waals surface area contributed by atoms with Crippen LogP contribution in [0.2, 0.25) is 0 Å². The Hall–Kier alpha value is -1.39. The van der Waals surface area contributed by atoms with E-state index in [0.29, 0.717) is 23.9 Å². The molecule has 0 aliphatic carbocycles. The number of nitrogens with zero attached hydrogens (tertiary/aromatic N) is 2. The maximum Gasteiger partial charge on any atom is 0.180 e. The van der Waals surface area contributed by atoms with E-state index in [-0.39, 0.29) is 5.78 Å². The summed E-state index contributed by atoms with van der Waals surface area (Å²) in [6.45, 7) is 5.03. The van der Waals surface area contributed by atoms with Crippen molar-refractivity contribution in [2.45, 2.75) is 25.3 Å². The van der Waals surface area contributed by atoms with Crippen LogP contribution in [0, 0.1) is 0 Å². The standard InChI is InChI=1S/C17H24N2O2/c1-21-17-7-3-2-6-15(17)16(20)13-18-11-8-14(12-18)19-9-4-5-10-19/h2-3,6-7,14H,4-5,8-13H2,1H3. The third kappa shape index (κ3) is 3.27. The normalized spacial score (nSPS) is 23.6. The molecule has 0 N–H and O–H groups in total. The van der Waals surface area contributed by atoms with Crippen LogP contribution < -0.4 is 4.74 Å². The Morgan fingerprint density at radius 1 is 1.24 bits per heavy atom. The van der Waals surface area contributed by atoms with E-state index in [0.717, 1.165) is 13.1 Å². The second kappa shape index (κ2) is 6.58. The summed E-state index contributed by atoms with van der Waals surface area (Å²) >= 11 is 0. The predicted octanol–water partition coefficient (Wildman–Crippen LogP) is 2.05. The van der Waals surface area contributed by atoms with Crippen LogP contribution in [0.5, 0.6) is 5.75 Å². The van der Waals surface area contributed by atoms with Gasteiger partial charge in [0.25, 0.3) is 0 Å². The first kappa shape index (κ1) is 14.5. The van der Waals surface area contributed by atoms with Crippen molar-refractivity contribution < 1.29 is 9.53 Å². The Bertz CT molecular complexity index is 497. The molecule has 21 heavy (non-hydrogen) atoms. The second-order valence-corrected chi connectivity index (χ2v) is 6.04. The zero-order valence-corrected chi connectivity index (χ0v) is 12.8. The van der Waals surface area contributed by atoms with Gasteiger partial charge in [-0.2, -0.15) is 0 Å². The lowest BCUT2D eigenvalue weighted by Gasteiger charge is -2.23. The van der Waals surface area contributed by atoms with Crippen molar-refractivity contribution in [3.63, 3.8) is 0 Å². The van der Waals surface area contributed by atoms with Gasteiger partial charge in [0.05, 0.1) is 19.2 Å². The molecule has 0 bridgehead atoms. The molecule has 4 nitrogen and oxygen atoms in total. The zero-order valence-electron chi connectivity index (χ0n) is 12.8. The van der Waals surface area contributed by atoms with Crippen LogP contribution in [0.25, 0.3) is 0 Å². The molecule has 0 aromatic heterocycles. The number of likely N-dealkylation sites (tertiary alicyclic amines) is 2. The highest BCUT2D eigenvalue weighted by atomic mass is 16.5. The molecule has 1 aromatic rings. The number of para-hydroxylation sites is 1. The van der Waals surface area contributed by atoms with E-state index >= 15 is 0 Å². The van der Waals surface area contributed by atoms with Gasteiger partial charge in [-0.3, -0.25) is 14.6 Å². The molecular formula is C17H24N2O2. The summed E-state index contributed by atoms with van der Waals surface area (Å²) in [5.74, 6) is 0.840. The van der Waals surface area contributed by atoms with E-state index in [4.69, 9.17) is 4.74 Å². The molecule has 114 valence electrons. The quantitative estimate of drug-likeness (QED) is 0.776. The van der Waals surface area contributed by atoms with Crippen molar-refractivity contribution in [1.29, 1.82) is 0 Å². The van der Waals surface area contributed by atoms with Gasteiger partial charge in [0.1, 0.15) is 5.75 Å². The number of Topliss-reactive ketones (excluding diaryl/α,β-unsaturated/α-hetero) is 1. The molecule has 0 saturated carbocycles. The van der Waals surface area contributed by atoms with Gasteiger partial charge in [-0.15, -0.1) is 0 Å². The summed E-state index contributed by atoms with van der Waals surface area (Å²) in [6.07, 6.45) is 3.85. The van der Waals surface area contributed by atoms with Crippen LogP contribution in [0.3, 0.4) is 0 Å². The molecule has 0 radical (unpaired) electrons. The predicted molar refractivity (Wildman–Crippen MR) is 83.0 cm³/mol. The molecule has 2 saturated heterocycles. The number of ether oxygens (including phenoxy) is 1. The van der Waals surface area contributed by atoms with Crippen molar-refractivity contribution in [3.8, 4) is 5.75 Å². The number of ketones is 1. The van der Waals surface area contributed by atoms with Crippen LogP contribution in [-0.4, -0.2) is 61.5 Å². The number of benzene rings is 1. The number of carbonyl (C=O) groups is 1. The zero-order chi connectivity index (χ0) is 14.7. The fraction of sp³-hybridized carbons (Fsp3) is 0.588. The Morgan fingerprint density at radius 3 is 2.76 bits per heavy atom. The number of rotatable bonds is 5. The van der Waals surface area contributed by atoms with E-state index in [1.807, 2.05) is 24.3 Å². The summed E-state index contributed by atoms with van der Waals surface area (Å²) in [4.78, 5) is 17.4. The molecule has 4 heteroatoms. The van der Waals surface area contributed by atoms with E-state index < -0.39 is 0 Å². The van der Waals surface area contributed by atoms with E-state index in [9.17, 15) is 4.79 Å². The highest BCUT2D eigenvalue weighted by Crippen LogP contribution is 2.22. The largest absolute Gasteiger partial charge is 0.496 e. The van der Waals surface area contributed by atoms with E-state index in [1.54, 1.807) is 7.11 Å². The molecule has 0 amide bonds. The second-order valence-electron chi connectivity index (χ2n) is 6.04. The van der Waals surface area contributed by atoms with Crippen molar-refractivity contribution in [1.82, 2.24) is 9.80 Å². The maximum absolute atomic E-state index is 12.5. The summed E-state index contributed by atoms with van der Waals surface area (Å²) in [5.41, 5.74) is 0.699. The van der Waals surface area contributed by atoms with Gasteiger partial charge < -0.3 is 4.74 Å². The number of methoxy groups -OCH3 is 1. The lowest BCUT2D eigenvalue weighted by Crippen LogP contribution is -2.36. The minimum atomic E-state index is 0.162. The molecule has 1 atom stereocenters. The van der Waals surface area contributed by atoms with Gasteiger partial charge in [0.15, 0.2) is 5.78 Å². The van der Waals surface area contributed by atoms with Crippen LogP contribution in [-0.2, 0) is 0 Å². The average molecular weight is 288 g/mol. The number of carbonyl (C=O) groups excluding carboxylic acids is 1. The minimum Gasteiger partial charge on any atom is -0.496 e. The molecule has 2 heterocycles. The van der Waals surface area contributed by atoms with Crippen molar-refractivity contribution in [2.24, 2.45) is 0 Å². The van der Waals surface area contributed by atoms with Crippen molar-refractivity contribution in [3.05, 3.63) is 29.8 Å². The van der Waals surface area contributed by atoms with Crippen LogP contribution in [0.15, 0.2) is 24.3 Å². The Kier molecular flexibility index (Phi) is 4.56. The molecule has 1 unspecified atom stereocenters. The number of hydrogen-bond acceptors (Lipinski definition) is 4. The summed E-state index contributed by atoms with van der Waals surface area (Å²) < 4.78 is 5.29. The van der Waals surface area contributed by atoms with Gasteiger partial charge >= 0.3 is 0 Å². The van der Waals surface area contributed by atoms with Gasteiger partial charge in [0, 0.05) is 19.1 Å². The fourth-order valence-electron chi connectivity index (χ4n) is 3.52. The third-order valence-corrected chi connectivity index (χ3v) is 4.68. The van der Waals surface area contributed by atoms with Crippen LogP contribution >= 0.6 is 0 Å². The first-order chi connectivity index (χ1) is 10.3. The molecular weight excluding hydrogens is 264 g/mol. The summed E-state index contributed by atoms with van der Waals surface area (Å²) in [5, 5.41) is 0. The average Bonchev–Trinajstić information content (AvgIpc) is 3.17. The van der Waals surface area contributed by atoms with Crippen molar-refractivity contribution in [2.75, 3.05) is 39.8 Å². The van der Waals surface area contributed by atoms with Gasteiger partial charge in [-0.05, 0) is 44.5 Å². The monoisotopic (exact) mass is 288 g/mol. The lowest BCUT2D eigenvalue weighted by atomic mass is 10.1. The maximum atomic E-state index is 12.5. The minimum absolute atomic E-state index is 0.162. The summed E-state index contributed by atoms with van der Waals surface area (Å²) in [7, 11) is 1.62. The molecule has 3 rings (SSSR count). The Labute approximate surface area is 126 Å². The SMILES string of the molecule is COc1ccccc1C(=O)CN1CCC(N2CCCC2)C1. The highest BCUT2D eigenvalue weighted by molar-refractivity contribution is 6.00. The van der Waals surface area contributed by atoms with Crippen LogP contribution in [0.1, 0.15) is 29.6 Å². The smallest absolute Gasteiger partial charge is 0.180 e. The van der Waals surface area contributed by atoms with E-state index in [1.165, 1.54) is 32.4 Å². The van der Waals surface area contributed by atoms with Gasteiger partial charge in [0.2, 0.25) is 0 Å². The van der Waals surface area contributed by atoms with Gasteiger partial charge in [-0.25, -0.2) is 0 Å². The number of hydrogen-bond donors (Lipinski definition) is 0. The van der Waals surface area contributed by atoms with Gasteiger partial charge in [-0.1, -0.05) is 12.1 Å². The van der Waals surface area contributed by atoms with Crippen molar-refractivity contribution >= 4 is 5.78 Å². The lowest BCUT2D eigenvalue weighted by molar-refractivity contribution is 0.0937. The first-order valence-corrected chi connectivity index (χ1v) is 7.90. The Morgan fingerprint density at radius 2 is 2.00 bits per heavy atom. The third-order valence-electron chi connectivity index (χ3n) is 4.68. The molecule has 2 aliphatic heterocycles. The molecule has 0 spiro atoms. The topological polar surface area (TPSA) is 32.8 Å². The molecule has 2 fully saturated rings. The van der Waals surface area contributed by atoms with Crippen LogP contribution in [0.4, 0.5) is 0 Å². The fourth-order valence-corrected chi connectivity index (χ4v) is 3.52. The molecule has 2 aliphatic rings. The Balaban J connectivity index is 1.58. The highest BCUT2D eigenvalue weighted by Gasteiger charge is 2.30. The van der Waals surface area contributed by atoms with E-state index in [2.05, 4.69) is 9.80 Å².